The quantitative estimate of drug-likeness (QED) is 0.784. The Morgan fingerprint density at radius 1 is 1.04 bits per heavy atom. The van der Waals surface area contributed by atoms with Crippen LogP contribution in [0.15, 0.2) is 53.5 Å². The number of ether oxygens (including phenoxy) is 1. The number of amides is 1. The number of anilines is 1. The molecule has 7 heteroatoms. The number of carbonyl (C=O) groups excluding carboxylic acids is 1. The standard InChI is InChI=1S/C20H17F3N2O2/c21-20(22,23)13-4-3-5-14(12-13)24-18-16-6-1-2-7-17(16)25(19(18)26)15-8-10-27-11-9-15/h1-7,12,15H,8-11H2/b24-18-. The second-order valence-electron chi connectivity index (χ2n) is 6.54. The molecule has 4 rings (SSSR count). The predicted molar refractivity (Wildman–Crippen MR) is 95.4 cm³/mol. The number of hydrogen-bond acceptors (Lipinski definition) is 3. The molecule has 0 N–H and O–H groups in total. The minimum atomic E-state index is -4.46. The molecule has 0 atom stereocenters. The van der Waals surface area contributed by atoms with Crippen LogP contribution in [0.25, 0.3) is 0 Å². The summed E-state index contributed by atoms with van der Waals surface area (Å²) >= 11 is 0. The molecule has 140 valence electrons. The highest BCUT2D eigenvalue weighted by molar-refractivity contribution is 6.54. The molecular weight excluding hydrogens is 357 g/mol. The second kappa shape index (κ2) is 6.81. The lowest BCUT2D eigenvalue weighted by atomic mass is 10.1. The maximum Gasteiger partial charge on any atom is 0.416 e. The van der Waals surface area contributed by atoms with E-state index in [4.69, 9.17) is 4.74 Å². The molecule has 2 aromatic carbocycles. The Morgan fingerprint density at radius 3 is 2.52 bits per heavy atom. The SMILES string of the molecule is O=C1/C(=N\c2cccc(C(F)(F)F)c2)c2ccccc2N1C1CCOCC1. The molecule has 2 heterocycles. The van der Waals surface area contributed by atoms with Crippen molar-refractivity contribution in [2.24, 2.45) is 4.99 Å². The summed E-state index contributed by atoms with van der Waals surface area (Å²) in [5.41, 5.74) is 0.893. The van der Waals surface area contributed by atoms with Crippen LogP contribution in [0.2, 0.25) is 0 Å². The normalized spacial score (nSPS) is 19.6. The smallest absolute Gasteiger partial charge is 0.381 e. The summed E-state index contributed by atoms with van der Waals surface area (Å²) in [6.07, 6.45) is -3.02. The number of fused-ring (bicyclic) bond motifs is 1. The lowest BCUT2D eigenvalue weighted by molar-refractivity contribution is -0.137. The highest BCUT2D eigenvalue weighted by Crippen LogP contribution is 2.36. The first-order valence-electron chi connectivity index (χ1n) is 8.72. The Bertz CT molecular complexity index is 902. The molecule has 2 aliphatic rings. The van der Waals surface area contributed by atoms with E-state index in [1.165, 1.54) is 12.1 Å². The van der Waals surface area contributed by atoms with Crippen molar-refractivity contribution in [3.63, 3.8) is 0 Å². The molecule has 0 aromatic heterocycles. The third-order valence-corrected chi connectivity index (χ3v) is 4.81. The van der Waals surface area contributed by atoms with Gasteiger partial charge in [0.15, 0.2) is 0 Å². The van der Waals surface area contributed by atoms with Crippen molar-refractivity contribution >= 4 is 23.0 Å². The van der Waals surface area contributed by atoms with Crippen LogP contribution in [-0.2, 0) is 15.7 Å². The van der Waals surface area contributed by atoms with Gasteiger partial charge in [0, 0.05) is 24.8 Å². The molecular formula is C20H17F3N2O2. The number of hydrogen-bond donors (Lipinski definition) is 0. The van der Waals surface area contributed by atoms with Gasteiger partial charge in [-0.2, -0.15) is 13.2 Å². The molecule has 0 spiro atoms. The number of nitrogens with zero attached hydrogens (tertiary/aromatic N) is 2. The molecule has 1 saturated heterocycles. The first-order chi connectivity index (χ1) is 12.9. The van der Waals surface area contributed by atoms with E-state index in [1.807, 2.05) is 12.1 Å². The van der Waals surface area contributed by atoms with E-state index in [1.54, 1.807) is 17.0 Å². The zero-order valence-corrected chi connectivity index (χ0v) is 14.4. The Balaban J connectivity index is 1.75. The average Bonchev–Trinajstić information content (AvgIpc) is 2.94. The van der Waals surface area contributed by atoms with Gasteiger partial charge in [-0.3, -0.25) is 4.79 Å². The van der Waals surface area contributed by atoms with Gasteiger partial charge in [0.05, 0.1) is 16.9 Å². The Kier molecular flexibility index (Phi) is 4.47. The molecule has 2 aliphatic heterocycles. The maximum absolute atomic E-state index is 13.1. The number of halogens is 3. The van der Waals surface area contributed by atoms with Crippen LogP contribution in [0.3, 0.4) is 0 Å². The highest BCUT2D eigenvalue weighted by atomic mass is 19.4. The van der Waals surface area contributed by atoms with Gasteiger partial charge in [-0.05, 0) is 37.1 Å². The van der Waals surface area contributed by atoms with Gasteiger partial charge in [-0.15, -0.1) is 0 Å². The first-order valence-corrected chi connectivity index (χ1v) is 8.72. The fourth-order valence-corrected chi connectivity index (χ4v) is 3.52. The van der Waals surface area contributed by atoms with Crippen molar-refractivity contribution in [2.45, 2.75) is 25.1 Å². The van der Waals surface area contributed by atoms with Crippen LogP contribution in [-0.4, -0.2) is 30.9 Å². The van der Waals surface area contributed by atoms with Crippen LogP contribution in [0, 0.1) is 0 Å². The van der Waals surface area contributed by atoms with E-state index in [0.717, 1.165) is 30.7 Å². The van der Waals surface area contributed by atoms with E-state index >= 15 is 0 Å². The van der Waals surface area contributed by atoms with Gasteiger partial charge in [0.1, 0.15) is 5.71 Å². The van der Waals surface area contributed by atoms with Crippen molar-refractivity contribution in [3.05, 3.63) is 59.7 Å². The largest absolute Gasteiger partial charge is 0.416 e. The highest BCUT2D eigenvalue weighted by Gasteiger charge is 2.38. The molecule has 27 heavy (non-hydrogen) atoms. The fraction of sp³-hybridized carbons (Fsp3) is 0.300. The van der Waals surface area contributed by atoms with E-state index in [0.29, 0.717) is 18.8 Å². The third-order valence-electron chi connectivity index (χ3n) is 4.81. The summed E-state index contributed by atoms with van der Waals surface area (Å²) in [5, 5.41) is 0. The molecule has 0 radical (unpaired) electrons. The van der Waals surface area contributed by atoms with Crippen molar-refractivity contribution in [3.8, 4) is 0 Å². The van der Waals surface area contributed by atoms with Crippen molar-refractivity contribution in [2.75, 3.05) is 18.1 Å². The zero-order valence-electron chi connectivity index (χ0n) is 14.4. The van der Waals surface area contributed by atoms with Crippen molar-refractivity contribution < 1.29 is 22.7 Å². The first kappa shape index (κ1) is 17.7. The van der Waals surface area contributed by atoms with Crippen LogP contribution in [0.1, 0.15) is 24.0 Å². The van der Waals surface area contributed by atoms with E-state index in [2.05, 4.69) is 4.99 Å². The minimum absolute atomic E-state index is 0.00149. The van der Waals surface area contributed by atoms with Gasteiger partial charge in [0.25, 0.3) is 5.91 Å². The Hall–Kier alpha value is -2.67. The fourth-order valence-electron chi connectivity index (χ4n) is 3.52. The lowest BCUT2D eigenvalue weighted by Gasteiger charge is -2.31. The van der Waals surface area contributed by atoms with E-state index in [-0.39, 0.29) is 23.3 Å². The van der Waals surface area contributed by atoms with Crippen LogP contribution in [0.5, 0.6) is 0 Å². The lowest BCUT2D eigenvalue weighted by Crippen LogP contribution is -2.42. The Labute approximate surface area is 154 Å². The Morgan fingerprint density at radius 2 is 1.78 bits per heavy atom. The van der Waals surface area contributed by atoms with Gasteiger partial charge >= 0.3 is 6.18 Å². The predicted octanol–water partition coefficient (Wildman–Crippen LogP) is 4.35. The van der Waals surface area contributed by atoms with Gasteiger partial charge in [0.2, 0.25) is 0 Å². The van der Waals surface area contributed by atoms with E-state index in [9.17, 15) is 18.0 Å². The summed E-state index contributed by atoms with van der Waals surface area (Å²) in [4.78, 5) is 19.1. The van der Waals surface area contributed by atoms with Crippen LogP contribution < -0.4 is 4.90 Å². The summed E-state index contributed by atoms with van der Waals surface area (Å²) in [6, 6.07) is 12.0. The minimum Gasteiger partial charge on any atom is -0.381 e. The summed E-state index contributed by atoms with van der Waals surface area (Å²) < 4.78 is 44.3. The molecule has 0 unspecified atom stereocenters. The van der Waals surface area contributed by atoms with Gasteiger partial charge in [-0.25, -0.2) is 4.99 Å². The van der Waals surface area contributed by atoms with Gasteiger partial charge in [-0.1, -0.05) is 24.3 Å². The summed E-state index contributed by atoms with van der Waals surface area (Å²) in [5.74, 6) is -0.277. The topological polar surface area (TPSA) is 41.9 Å². The van der Waals surface area contributed by atoms with E-state index < -0.39 is 11.7 Å². The zero-order chi connectivity index (χ0) is 19.0. The van der Waals surface area contributed by atoms with Crippen LogP contribution in [0.4, 0.5) is 24.5 Å². The monoisotopic (exact) mass is 374 g/mol. The number of benzene rings is 2. The molecule has 1 amide bonds. The molecule has 4 nitrogen and oxygen atoms in total. The number of carbonyl (C=O) groups is 1. The molecule has 0 bridgehead atoms. The molecule has 0 aliphatic carbocycles. The number of alkyl halides is 3. The summed E-state index contributed by atoms with van der Waals surface area (Å²) in [7, 11) is 0. The molecule has 0 saturated carbocycles. The number of aliphatic imine (C=N–C) groups is 1. The molecule has 1 fully saturated rings. The molecule has 2 aromatic rings. The van der Waals surface area contributed by atoms with Crippen LogP contribution >= 0.6 is 0 Å². The van der Waals surface area contributed by atoms with Gasteiger partial charge < -0.3 is 9.64 Å². The number of para-hydroxylation sites is 1. The third kappa shape index (κ3) is 3.35. The van der Waals surface area contributed by atoms with Crippen molar-refractivity contribution in [1.82, 2.24) is 0 Å². The maximum atomic E-state index is 13.1. The van der Waals surface area contributed by atoms with Crippen molar-refractivity contribution in [1.29, 1.82) is 0 Å². The average molecular weight is 374 g/mol. The summed E-state index contributed by atoms with van der Waals surface area (Å²) in [6.45, 7) is 1.16. The number of rotatable bonds is 2. The second-order valence-corrected chi connectivity index (χ2v) is 6.54.